The van der Waals surface area contributed by atoms with Gasteiger partial charge in [-0.25, -0.2) is 8.42 Å². The second-order valence-electron chi connectivity index (χ2n) is 3.98. The zero-order valence-corrected chi connectivity index (χ0v) is 8.98. The van der Waals surface area contributed by atoms with Gasteiger partial charge in [-0.2, -0.15) is 13.2 Å². The fourth-order valence-corrected chi connectivity index (χ4v) is 3.41. The molecule has 0 spiro atoms. The lowest BCUT2D eigenvalue weighted by Gasteiger charge is -2.33. The molecule has 15 heavy (non-hydrogen) atoms. The summed E-state index contributed by atoms with van der Waals surface area (Å²) in [6.45, 7) is 0. The molecule has 3 atom stereocenters. The third-order valence-corrected chi connectivity index (χ3v) is 4.36. The molecule has 1 aliphatic carbocycles. The Morgan fingerprint density at radius 2 is 1.80 bits per heavy atom. The molecule has 3 nitrogen and oxygen atoms in total. The van der Waals surface area contributed by atoms with Crippen LogP contribution in [0.1, 0.15) is 19.3 Å². The molecular weight excluding hydrogens is 233 g/mol. The Bertz CT molecular complexity index is 323. The fourth-order valence-electron chi connectivity index (χ4n) is 1.96. The maximum atomic E-state index is 12.5. The number of hydrogen-bond acceptors (Lipinski definition) is 3. The molecule has 0 amide bonds. The van der Waals surface area contributed by atoms with Crippen LogP contribution in [0.2, 0.25) is 0 Å². The summed E-state index contributed by atoms with van der Waals surface area (Å²) in [6.07, 6.45) is -5.28. The summed E-state index contributed by atoms with van der Waals surface area (Å²) >= 11 is 0. The number of hydrogen-bond donors (Lipinski definition) is 1. The van der Waals surface area contributed by atoms with Crippen LogP contribution in [0, 0.1) is 5.92 Å². The normalized spacial score (nSPS) is 34.1. The average molecular weight is 246 g/mol. The summed E-state index contributed by atoms with van der Waals surface area (Å²) in [5.74, 6) is -1.84. The van der Waals surface area contributed by atoms with Gasteiger partial charge < -0.3 is 5.11 Å². The van der Waals surface area contributed by atoms with E-state index in [9.17, 15) is 26.7 Å². The van der Waals surface area contributed by atoms with Gasteiger partial charge in [0.2, 0.25) is 0 Å². The van der Waals surface area contributed by atoms with Gasteiger partial charge in [0.05, 0.1) is 17.3 Å². The van der Waals surface area contributed by atoms with E-state index in [0.717, 1.165) is 6.26 Å². The molecule has 1 rings (SSSR count). The number of sulfone groups is 1. The van der Waals surface area contributed by atoms with Crippen LogP contribution in [0.5, 0.6) is 0 Å². The molecule has 1 aliphatic rings. The summed E-state index contributed by atoms with van der Waals surface area (Å²) in [6, 6.07) is 0. The maximum Gasteiger partial charge on any atom is 0.393 e. The highest BCUT2D eigenvalue weighted by Gasteiger charge is 2.50. The monoisotopic (exact) mass is 246 g/mol. The summed E-state index contributed by atoms with van der Waals surface area (Å²) in [5, 5.41) is 7.70. The lowest BCUT2D eigenvalue weighted by molar-refractivity contribution is -0.184. The molecule has 0 heterocycles. The van der Waals surface area contributed by atoms with Gasteiger partial charge >= 0.3 is 6.18 Å². The van der Waals surface area contributed by atoms with Gasteiger partial charge in [0.15, 0.2) is 9.84 Å². The molecule has 0 saturated heterocycles. The first kappa shape index (κ1) is 12.8. The highest BCUT2D eigenvalue weighted by atomic mass is 32.2. The first-order valence-corrected chi connectivity index (χ1v) is 6.51. The van der Waals surface area contributed by atoms with Crippen LogP contribution >= 0.6 is 0 Å². The Kier molecular flexibility index (Phi) is 3.35. The summed E-state index contributed by atoms with van der Waals surface area (Å²) in [5.41, 5.74) is 0. The molecule has 3 unspecified atom stereocenters. The second-order valence-corrected chi connectivity index (χ2v) is 6.25. The van der Waals surface area contributed by atoms with E-state index in [0.29, 0.717) is 0 Å². The molecule has 1 fully saturated rings. The predicted octanol–water partition coefficient (Wildman–Crippen LogP) is 1.12. The molecule has 1 saturated carbocycles. The van der Waals surface area contributed by atoms with E-state index in [1.54, 1.807) is 0 Å². The first-order valence-electron chi connectivity index (χ1n) is 4.56. The standard InChI is InChI=1S/C8H13F3O3S/c1-15(13,14)7-4-5(12)2-3-6(7)8(9,10)11/h5-7,12H,2-4H2,1H3. The summed E-state index contributed by atoms with van der Waals surface area (Å²) in [7, 11) is -3.77. The molecule has 1 N–H and O–H groups in total. The van der Waals surface area contributed by atoms with Crippen LogP contribution in [0.25, 0.3) is 0 Å². The van der Waals surface area contributed by atoms with Crippen molar-refractivity contribution in [2.75, 3.05) is 6.26 Å². The predicted molar refractivity (Wildman–Crippen MR) is 48.0 cm³/mol. The van der Waals surface area contributed by atoms with Crippen molar-refractivity contribution >= 4 is 9.84 Å². The van der Waals surface area contributed by atoms with Gasteiger partial charge in [-0.1, -0.05) is 0 Å². The third-order valence-electron chi connectivity index (χ3n) is 2.73. The summed E-state index contributed by atoms with van der Waals surface area (Å²) in [4.78, 5) is 0. The van der Waals surface area contributed by atoms with Crippen molar-refractivity contribution in [1.29, 1.82) is 0 Å². The van der Waals surface area contributed by atoms with Crippen molar-refractivity contribution in [1.82, 2.24) is 0 Å². The Morgan fingerprint density at radius 1 is 1.27 bits per heavy atom. The smallest absolute Gasteiger partial charge is 0.393 e. The van der Waals surface area contributed by atoms with Gasteiger partial charge in [0.25, 0.3) is 0 Å². The number of alkyl halides is 3. The van der Waals surface area contributed by atoms with E-state index < -0.39 is 33.3 Å². The Balaban J connectivity index is 2.96. The Hall–Kier alpha value is -0.300. The van der Waals surface area contributed by atoms with Crippen molar-refractivity contribution in [3.05, 3.63) is 0 Å². The van der Waals surface area contributed by atoms with Crippen molar-refractivity contribution < 1.29 is 26.7 Å². The van der Waals surface area contributed by atoms with Gasteiger partial charge in [0, 0.05) is 6.26 Å². The minimum Gasteiger partial charge on any atom is -0.393 e. The topological polar surface area (TPSA) is 54.4 Å². The zero-order valence-electron chi connectivity index (χ0n) is 8.16. The molecule has 90 valence electrons. The van der Waals surface area contributed by atoms with Crippen LogP contribution in [0.4, 0.5) is 13.2 Å². The van der Waals surface area contributed by atoms with Gasteiger partial charge in [-0.05, 0) is 19.3 Å². The van der Waals surface area contributed by atoms with E-state index in [1.807, 2.05) is 0 Å². The maximum absolute atomic E-state index is 12.5. The molecule has 0 aromatic heterocycles. The van der Waals surface area contributed by atoms with Gasteiger partial charge in [-0.15, -0.1) is 0 Å². The number of aliphatic hydroxyl groups excluding tert-OH is 1. The van der Waals surface area contributed by atoms with E-state index in [1.165, 1.54) is 0 Å². The van der Waals surface area contributed by atoms with E-state index in [4.69, 9.17) is 0 Å². The lowest BCUT2D eigenvalue weighted by Crippen LogP contribution is -2.44. The van der Waals surface area contributed by atoms with Crippen LogP contribution in [-0.2, 0) is 9.84 Å². The number of rotatable bonds is 1. The second kappa shape index (κ2) is 3.93. The number of aliphatic hydroxyl groups is 1. The minimum atomic E-state index is -4.51. The van der Waals surface area contributed by atoms with Crippen LogP contribution in [0.15, 0.2) is 0 Å². The lowest BCUT2D eigenvalue weighted by atomic mass is 9.86. The van der Waals surface area contributed by atoms with Gasteiger partial charge in [0.1, 0.15) is 0 Å². The highest BCUT2D eigenvalue weighted by Crippen LogP contribution is 2.40. The molecule has 0 radical (unpaired) electrons. The number of halogens is 3. The van der Waals surface area contributed by atoms with Gasteiger partial charge in [-0.3, -0.25) is 0 Å². The molecule has 7 heteroatoms. The van der Waals surface area contributed by atoms with E-state index >= 15 is 0 Å². The van der Waals surface area contributed by atoms with Crippen molar-refractivity contribution in [2.24, 2.45) is 5.92 Å². The average Bonchev–Trinajstić information content (AvgIpc) is 2.00. The Labute approximate surface area is 86.2 Å². The van der Waals surface area contributed by atoms with E-state index in [-0.39, 0.29) is 19.3 Å². The van der Waals surface area contributed by atoms with Crippen molar-refractivity contribution in [2.45, 2.75) is 36.8 Å². The molecule has 0 aromatic carbocycles. The Morgan fingerprint density at radius 3 is 2.20 bits per heavy atom. The minimum absolute atomic E-state index is 0.0101. The van der Waals surface area contributed by atoms with Crippen molar-refractivity contribution in [3.8, 4) is 0 Å². The van der Waals surface area contributed by atoms with Crippen molar-refractivity contribution in [3.63, 3.8) is 0 Å². The first-order chi connectivity index (χ1) is 6.62. The summed E-state index contributed by atoms with van der Waals surface area (Å²) < 4.78 is 59.9. The third kappa shape index (κ3) is 3.07. The fraction of sp³-hybridized carbons (Fsp3) is 1.00. The highest BCUT2D eigenvalue weighted by molar-refractivity contribution is 7.91. The SMILES string of the molecule is CS(=O)(=O)C1CC(O)CCC1C(F)(F)F. The quantitative estimate of drug-likeness (QED) is 0.754. The molecular formula is C8H13F3O3S. The largest absolute Gasteiger partial charge is 0.393 e. The molecule has 0 bridgehead atoms. The van der Waals surface area contributed by atoms with Crippen LogP contribution in [-0.4, -0.2) is 37.3 Å². The van der Waals surface area contributed by atoms with E-state index in [2.05, 4.69) is 0 Å². The molecule has 0 aliphatic heterocycles. The van der Waals surface area contributed by atoms with Crippen LogP contribution in [0.3, 0.4) is 0 Å². The molecule has 0 aromatic rings. The van der Waals surface area contributed by atoms with Crippen LogP contribution < -0.4 is 0 Å². The zero-order chi connectivity index (χ0) is 11.9.